The predicted octanol–water partition coefficient (Wildman–Crippen LogP) is 2.95. The zero-order valence-electron chi connectivity index (χ0n) is 19.9. The molecule has 0 radical (unpaired) electrons. The minimum absolute atomic E-state index is 0.156. The van der Waals surface area contributed by atoms with Crippen LogP contribution < -0.4 is 0 Å². The van der Waals surface area contributed by atoms with Crippen LogP contribution in [0.2, 0.25) is 0 Å². The Bertz CT molecular complexity index is 1100. The fraction of sp³-hybridized carbons (Fsp3) is 0.500. The molecule has 0 N–H and O–H groups in total. The molecule has 2 aliphatic rings. The van der Waals surface area contributed by atoms with Crippen LogP contribution in [0.15, 0.2) is 58.3 Å². The first-order valence-corrected chi connectivity index (χ1v) is 14.4. The van der Waals surface area contributed by atoms with Crippen LogP contribution >= 0.6 is 0 Å². The van der Waals surface area contributed by atoms with Crippen molar-refractivity contribution < 1.29 is 26.3 Å². The third kappa shape index (κ3) is 5.22. The number of nitrogens with zero attached hydrogens (tertiary/aromatic N) is 2. The molecule has 2 saturated heterocycles. The van der Waals surface area contributed by atoms with Crippen molar-refractivity contribution in [2.75, 3.05) is 26.2 Å². The van der Waals surface area contributed by atoms with Crippen LogP contribution in [0.3, 0.4) is 0 Å². The van der Waals surface area contributed by atoms with Crippen LogP contribution in [0, 0.1) is 0 Å². The molecule has 0 saturated carbocycles. The summed E-state index contributed by atoms with van der Waals surface area (Å²) in [4.78, 5) is 0.458. The number of morpholine rings is 2. The second-order valence-electron chi connectivity index (χ2n) is 9.21. The van der Waals surface area contributed by atoms with Gasteiger partial charge in [0.15, 0.2) is 0 Å². The summed E-state index contributed by atoms with van der Waals surface area (Å²) >= 11 is 0. The molecule has 0 aliphatic carbocycles. The van der Waals surface area contributed by atoms with E-state index in [1.807, 2.05) is 27.7 Å². The Hall–Kier alpha value is -1.82. The van der Waals surface area contributed by atoms with E-state index in [0.717, 1.165) is 11.1 Å². The van der Waals surface area contributed by atoms with Crippen molar-refractivity contribution in [1.82, 2.24) is 8.61 Å². The third-order valence-electron chi connectivity index (χ3n) is 6.09. The fourth-order valence-electron chi connectivity index (χ4n) is 4.59. The standard InChI is InChI=1S/C24H32N2O6S2/c1-17-13-25(14-18(2)31-17)33(27,28)23-9-5-21(6-10-23)22-7-11-24(12-8-22)34(29,30)26-15-19(3)32-20(4)16-26/h5-12,17-20H,13-16H2,1-4H3/t17-,18-,19-,20+/m1/s1. The van der Waals surface area contributed by atoms with Crippen LogP contribution in [0.25, 0.3) is 11.1 Å². The van der Waals surface area contributed by atoms with Gasteiger partial charge in [-0.3, -0.25) is 0 Å². The van der Waals surface area contributed by atoms with Crippen molar-refractivity contribution in [2.24, 2.45) is 0 Å². The summed E-state index contributed by atoms with van der Waals surface area (Å²) < 4.78 is 66.5. The van der Waals surface area contributed by atoms with E-state index >= 15 is 0 Å². The quantitative estimate of drug-likeness (QED) is 0.617. The van der Waals surface area contributed by atoms with Gasteiger partial charge in [0.2, 0.25) is 20.0 Å². The van der Waals surface area contributed by atoms with Crippen molar-refractivity contribution in [2.45, 2.75) is 61.9 Å². The number of hydrogen-bond donors (Lipinski definition) is 0. The van der Waals surface area contributed by atoms with Gasteiger partial charge in [-0.05, 0) is 63.1 Å². The molecule has 4 rings (SSSR count). The predicted molar refractivity (Wildman–Crippen MR) is 129 cm³/mol. The minimum Gasteiger partial charge on any atom is -0.373 e. The summed E-state index contributed by atoms with van der Waals surface area (Å²) in [6, 6.07) is 13.4. The summed E-state index contributed by atoms with van der Waals surface area (Å²) in [5, 5.41) is 0. The smallest absolute Gasteiger partial charge is 0.243 e. The van der Waals surface area contributed by atoms with E-state index < -0.39 is 20.0 Å². The van der Waals surface area contributed by atoms with Gasteiger partial charge in [-0.1, -0.05) is 24.3 Å². The second-order valence-corrected chi connectivity index (χ2v) is 13.1. The molecule has 0 aromatic heterocycles. The van der Waals surface area contributed by atoms with Crippen molar-refractivity contribution >= 4 is 20.0 Å². The summed E-state index contributed by atoms with van der Waals surface area (Å²) in [5.74, 6) is 0. The largest absolute Gasteiger partial charge is 0.373 e. The van der Waals surface area contributed by atoms with Gasteiger partial charge in [-0.25, -0.2) is 16.8 Å². The Morgan fingerprint density at radius 2 is 0.824 bits per heavy atom. The van der Waals surface area contributed by atoms with Gasteiger partial charge in [0.1, 0.15) is 0 Å². The number of sulfonamides is 2. The van der Waals surface area contributed by atoms with Crippen molar-refractivity contribution in [3.8, 4) is 11.1 Å². The Labute approximate surface area is 202 Å². The Kier molecular flexibility index (Phi) is 7.19. The van der Waals surface area contributed by atoms with Gasteiger partial charge in [0.25, 0.3) is 0 Å². The average molecular weight is 509 g/mol. The molecule has 2 aliphatic heterocycles. The lowest BCUT2D eigenvalue weighted by molar-refractivity contribution is -0.0442. The molecule has 186 valence electrons. The zero-order chi connectivity index (χ0) is 24.7. The van der Waals surface area contributed by atoms with Crippen molar-refractivity contribution in [3.05, 3.63) is 48.5 Å². The van der Waals surface area contributed by atoms with Crippen LogP contribution in [0.4, 0.5) is 0 Å². The van der Waals surface area contributed by atoms with Crippen molar-refractivity contribution in [1.29, 1.82) is 0 Å². The average Bonchev–Trinajstić information content (AvgIpc) is 2.78. The van der Waals surface area contributed by atoms with Gasteiger partial charge in [-0.2, -0.15) is 8.61 Å². The minimum atomic E-state index is -3.62. The number of ether oxygens (including phenoxy) is 2. The van der Waals surface area contributed by atoms with Gasteiger partial charge in [-0.15, -0.1) is 0 Å². The molecule has 0 bridgehead atoms. The van der Waals surface area contributed by atoms with Gasteiger partial charge < -0.3 is 9.47 Å². The Morgan fingerprint density at radius 1 is 0.559 bits per heavy atom. The molecule has 8 nitrogen and oxygen atoms in total. The van der Waals surface area contributed by atoms with E-state index in [0.29, 0.717) is 26.2 Å². The van der Waals surface area contributed by atoms with Crippen molar-refractivity contribution in [3.63, 3.8) is 0 Å². The lowest BCUT2D eigenvalue weighted by atomic mass is 10.1. The molecule has 0 unspecified atom stereocenters. The van der Waals surface area contributed by atoms with E-state index in [1.54, 1.807) is 48.5 Å². The van der Waals surface area contributed by atoms with E-state index in [1.165, 1.54) is 8.61 Å². The number of benzene rings is 2. The molecule has 0 spiro atoms. The van der Waals surface area contributed by atoms with E-state index in [2.05, 4.69) is 0 Å². The van der Waals surface area contributed by atoms with Gasteiger partial charge in [0, 0.05) is 26.2 Å². The summed E-state index contributed by atoms with van der Waals surface area (Å²) in [6.45, 7) is 8.76. The van der Waals surface area contributed by atoms with Crippen LogP contribution in [0.5, 0.6) is 0 Å². The molecule has 2 aromatic carbocycles. The van der Waals surface area contributed by atoms with Crippen LogP contribution in [0.1, 0.15) is 27.7 Å². The molecule has 0 amide bonds. The Morgan fingerprint density at radius 3 is 1.09 bits per heavy atom. The van der Waals surface area contributed by atoms with Crippen LogP contribution in [-0.4, -0.2) is 76.0 Å². The van der Waals surface area contributed by atoms with Gasteiger partial charge >= 0.3 is 0 Å². The second kappa shape index (κ2) is 9.67. The molecular formula is C24H32N2O6S2. The third-order valence-corrected chi connectivity index (χ3v) is 9.78. The maximum absolute atomic E-state index is 13.1. The lowest BCUT2D eigenvalue weighted by Gasteiger charge is -2.34. The first-order chi connectivity index (χ1) is 16.0. The first kappa shape index (κ1) is 25.3. The van der Waals surface area contributed by atoms with Gasteiger partial charge in [0.05, 0.1) is 34.2 Å². The highest BCUT2D eigenvalue weighted by Gasteiger charge is 2.33. The zero-order valence-corrected chi connectivity index (χ0v) is 21.6. The molecular weight excluding hydrogens is 476 g/mol. The fourth-order valence-corrected chi connectivity index (χ4v) is 7.77. The number of hydrogen-bond acceptors (Lipinski definition) is 6. The Balaban J connectivity index is 1.51. The highest BCUT2D eigenvalue weighted by Crippen LogP contribution is 2.27. The first-order valence-electron chi connectivity index (χ1n) is 11.5. The van der Waals surface area contributed by atoms with E-state index in [4.69, 9.17) is 9.47 Å². The van der Waals surface area contributed by atoms with E-state index in [9.17, 15) is 16.8 Å². The molecule has 10 heteroatoms. The number of rotatable bonds is 5. The molecule has 4 atom stereocenters. The monoisotopic (exact) mass is 508 g/mol. The maximum atomic E-state index is 13.1. The molecule has 2 fully saturated rings. The molecule has 2 heterocycles. The molecule has 2 aromatic rings. The summed E-state index contributed by atoms with van der Waals surface area (Å²) in [6.07, 6.45) is -0.624. The molecule has 34 heavy (non-hydrogen) atoms. The normalized spacial score (nSPS) is 27.5. The highest BCUT2D eigenvalue weighted by atomic mass is 32.2. The van der Waals surface area contributed by atoms with Crippen LogP contribution in [-0.2, 0) is 29.5 Å². The SMILES string of the molecule is C[C@@H]1CN(S(=O)(=O)c2ccc(-c3ccc(S(=O)(=O)N4C[C@@H](C)O[C@@H](C)C4)cc3)cc2)C[C@@H](C)O1. The maximum Gasteiger partial charge on any atom is 0.243 e. The van der Waals surface area contributed by atoms with E-state index in [-0.39, 0.29) is 34.2 Å². The summed E-state index contributed by atoms with van der Waals surface area (Å²) in [7, 11) is -7.23. The summed E-state index contributed by atoms with van der Waals surface area (Å²) in [5.41, 5.74) is 1.61. The highest BCUT2D eigenvalue weighted by molar-refractivity contribution is 7.89. The topological polar surface area (TPSA) is 93.2 Å². The lowest BCUT2D eigenvalue weighted by Crippen LogP contribution is -2.48.